The first-order valence-electron chi connectivity index (χ1n) is 13.6. The summed E-state index contributed by atoms with van der Waals surface area (Å²) in [7, 11) is 3.18. The van der Waals surface area contributed by atoms with Gasteiger partial charge < -0.3 is 28.4 Å². The molecule has 2 aliphatic heterocycles. The Morgan fingerprint density at radius 3 is 2.60 bits per heavy atom. The van der Waals surface area contributed by atoms with E-state index >= 15 is 0 Å². The monoisotopic (exact) mass is 567 g/mol. The lowest BCUT2D eigenvalue weighted by molar-refractivity contribution is -0.144. The third kappa shape index (κ3) is 5.67. The van der Waals surface area contributed by atoms with E-state index < -0.39 is 12.2 Å². The van der Waals surface area contributed by atoms with Crippen molar-refractivity contribution < 1.29 is 28.5 Å². The van der Waals surface area contributed by atoms with Crippen LogP contribution in [0.2, 0.25) is 5.02 Å². The van der Waals surface area contributed by atoms with Crippen molar-refractivity contribution in [2.75, 3.05) is 33.9 Å². The largest absolute Gasteiger partial charge is 0.493 e. The van der Waals surface area contributed by atoms with E-state index in [4.69, 9.17) is 30.5 Å². The van der Waals surface area contributed by atoms with Crippen LogP contribution in [0.1, 0.15) is 61.6 Å². The minimum absolute atomic E-state index is 0.000592. The van der Waals surface area contributed by atoms with Gasteiger partial charge in [0.2, 0.25) is 5.91 Å². The second-order valence-corrected chi connectivity index (χ2v) is 10.4. The topological polar surface area (TPSA) is 92.1 Å². The predicted octanol–water partition coefficient (Wildman–Crippen LogP) is 5.29. The van der Waals surface area contributed by atoms with Crippen LogP contribution in [0.5, 0.6) is 11.5 Å². The van der Waals surface area contributed by atoms with Gasteiger partial charge in [-0.05, 0) is 49.9 Å². The summed E-state index contributed by atoms with van der Waals surface area (Å²) in [6.07, 6.45) is 4.42. The molecule has 0 radical (unpaired) electrons. The fraction of sp³-hybridized carbons (Fsp3) is 0.433. The smallest absolute Gasteiger partial charge is 0.306 e. The molecule has 40 heavy (non-hydrogen) atoms. The number of methoxy groups -OCH3 is 2. The van der Waals surface area contributed by atoms with E-state index in [2.05, 4.69) is 4.98 Å². The van der Waals surface area contributed by atoms with Gasteiger partial charge in [-0.1, -0.05) is 23.7 Å². The second-order valence-electron chi connectivity index (χ2n) is 9.99. The molecule has 0 N–H and O–H groups in total. The molecule has 9 nitrogen and oxygen atoms in total. The van der Waals surface area contributed by atoms with Gasteiger partial charge in [0.1, 0.15) is 18.0 Å². The highest BCUT2D eigenvalue weighted by Crippen LogP contribution is 2.46. The molecule has 1 saturated heterocycles. The summed E-state index contributed by atoms with van der Waals surface area (Å²) in [5.74, 6) is 1.84. The minimum Gasteiger partial charge on any atom is -0.493 e. The number of likely N-dealkylation sites (tertiary alicyclic amines) is 1. The summed E-state index contributed by atoms with van der Waals surface area (Å²) >= 11 is 6.43. The first-order chi connectivity index (χ1) is 19.4. The molecule has 5 rings (SSSR count). The van der Waals surface area contributed by atoms with Gasteiger partial charge in [-0.3, -0.25) is 9.59 Å². The Hall–Kier alpha value is -3.56. The van der Waals surface area contributed by atoms with Gasteiger partial charge in [-0.2, -0.15) is 0 Å². The maximum Gasteiger partial charge on any atom is 0.306 e. The summed E-state index contributed by atoms with van der Waals surface area (Å²) in [4.78, 5) is 32.0. The molecule has 2 aliphatic rings. The summed E-state index contributed by atoms with van der Waals surface area (Å²) < 4.78 is 25.2. The van der Waals surface area contributed by atoms with Gasteiger partial charge in [0.15, 0.2) is 11.5 Å². The fourth-order valence-electron chi connectivity index (χ4n) is 5.64. The highest BCUT2D eigenvalue weighted by molar-refractivity contribution is 6.30. The Bertz CT molecular complexity index is 1370. The van der Waals surface area contributed by atoms with Gasteiger partial charge in [0.05, 0.1) is 38.0 Å². The van der Waals surface area contributed by atoms with Crippen LogP contribution >= 0.6 is 11.6 Å². The van der Waals surface area contributed by atoms with Gasteiger partial charge in [-0.15, -0.1) is 0 Å². The number of halogens is 1. The lowest BCUT2D eigenvalue weighted by Gasteiger charge is -2.33. The third-order valence-corrected chi connectivity index (χ3v) is 7.79. The lowest BCUT2D eigenvalue weighted by atomic mass is 9.93. The number of benzene rings is 1. The van der Waals surface area contributed by atoms with Crippen molar-refractivity contribution in [3.05, 3.63) is 70.6 Å². The number of aromatic nitrogens is 2. The molecule has 1 fully saturated rings. The molecule has 0 aliphatic carbocycles. The summed E-state index contributed by atoms with van der Waals surface area (Å²) in [5.41, 5.74) is 2.33. The molecular formula is C30H34ClN3O6. The minimum atomic E-state index is -0.626. The van der Waals surface area contributed by atoms with Gasteiger partial charge >= 0.3 is 5.97 Å². The Balaban J connectivity index is 1.43. The maximum atomic E-state index is 13.6. The number of fused-ring (bicyclic) bond motifs is 3. The van der Waals surface area contributed by atoms with E-state index in [0.29, 0.717) is 48.5 Å². The predicted molar refractivity (Wildman–Crippen MR) is 149 cm³/mol. The van der Waals surface area contributed by atoms with Crippen molar-refractivity contribution in [2.45, 2.75) is 44.8 Å². The summed E-state index contributed by atoms with van der Waals surface area (Å²) in [6.45, 7) is 3.39. The number of hydrogen-bond acceptors (Lipinski definition) is 7. The molecule has 4 heterocycles. The quantitative estimate of drug-likeness (QED) is 0.342. The van der Waals surface area contributed by atoms with Crippen LogP contribution in [0.25, 0.3) is 5.82 Å². The van der Waals surface area contributed by atoms with Crippen molar-refractivity contribution in [3.8, 4) is 17.3 Å². The molecule has 1 aromatic carbocycles. The number of carbonyl (C=O) groups excluding carboxylic acids is 2. The van der Waals surface area contributed by atoms with Crippen LogP contribution in [0, 0.1) is 5.92 Å². The molecule has 0 bridgehead atoms. The number of carbonyl (C=O) groups is 2. The number of ether oxygens (including phenoxy) is 4. The van der Waals surface area contributed by atoms with E-state index in [1.165, 1.54) is 0 Å². The van der Waals surface area contributed by atoms with E-state index in [1.807, 2.05) is 59.0 Å². The van der Waals surface area contributed by atoms with Crippen LogP contribution in [0.3, 0.4) is 0 Å². The van der Waals surface area contributed by atoms with Crippen LogP contribution in [-0.2, 0) is 19.1 Å². The number of amides is 1. The van der Waals surface area contributed by atoms with E-state index in [0.717, 1.165) is 29.7 Å². The zero-order chi connectivity index (χ0) is 28.2. The maximum absolute atomic E-state index is 13.6. The summed E-state index contributed by atoms with van der Waals surface area (Å²) in [6, 6.07) is 11.3. The summed E-state index contributed by atoms with van der Waals surface area (Å²) in [5, 5.41) is 0.475. The first-order valence-corrected chi connectivity index (χ1v) is 13.9. The molecule has 0 spiro atoms. The number of nitrogens with zero attached hydrogens (tertiary/aromatic N) is 3. The van der Waals surface area contributed by atoms with E-state index in [-0.39, 0.29) is 24.2 Å². The Morgan fingerprint density at radius 1 is 1.07 bits per heavy atom. The molecule has 0 unspecified atom stereocenters. The molecule has 0 saturated carbocycles. The van der Waals surface area contributed by atoms with Gasteiger partial charge in [0.25, 0.3) is 0 Å². The Kier molecular flexibility index (Phi) is 8.61. The number of esters is 1. The van der Waals surface area contributed by atoms with E-state index in [1.54, 1.807) is 20.4 Å². The standard InChI is InChI=1S/C30H34ClN3O6/c1-4-39-27(36)15-19-10-13-33(14-11-19)26(35)17-25-23-8-6-12-34(23)30-22(16-20(31)18-32-30)28(40-25)21-7-5-9-24(37-2)29(21)38-3/h5-9,12,16,18-19,25,28H,4,10-11,13-15,17H2,1-3H3/t25-,28-/m1/s1. The molecule has 3 aromatic rings. The molecule has 2 atom stereocenters. The van der Waals surface area contributed by atoms with Crippen molar-refractivity contribution in [1.82, 2.24) is 14.5 Å². The third-order valence-electron chi connectivity index (χ3n) is 7.59. The normalized spacial score (nSPS) is 18.9. The zero-order valence-electron chi connectivity index (χ0n) is 23.0. The number of piperidine rings is 1. The number of para-hydroxylation sites is 1. The number of hydrogen-bond donors (Lipinski definition) is 0. The van der Waals surface area contributed by atoms with Crippen molar-refractivity contribution in [1.29, 1.82) is 0 Å². The molecular weight excluding hydrogens is 534 g/mol. The molecule has 10 heteroatoms. The van der Waals surface area contributed by atoms with Crippen LogP contribution in [-0.4, -0.2) is 60.2 Å². The fourth-order valence-corrected chi connectivity index (χ4v) is 5.81. The van der Waals surface area contributed by atoms with Gasteiger partial charge in [0, 0.05) is 43.0 Å². The average molecular weight is 568 g/mol. The van der Waals surface area contributed by atoms with Crippen molar-refractivity contribution in [3.63, 3.8) is 0 Å². The van der Waals surface area contributed by atoms with Crippen LogP contribution in [0.4, 0.5) is 0 Å². The Morgan fingerprint density at radius 2 is 1.88 bits per heavy atom. The zero-order valence-corrected chi connectivity index (χ0v) is 23.7. The molecule has 1 amide bonds. The number of rotatable bonds is 8. The lowest BCUT2D eigenvalue weighted by Crippen LogP contribution is -2.39. The van der Waals surface area contributed by atoms with Crippen molar-refractivity contribution in [2.24, 2.45) is 5.92 Å². The molecule has 212 valence electrons. The molecule has 2 aromatic heterocycles. The Labute approximate surface area is 238 Å². The highest BCUT2D eigenvalue weighted by atomic mass is 35.5. The second kappa shape index (κ2) is 12.3. The van der Waals surface area contributed by atoms with Crippen molar-refractivity contribution >= 4 is 23.5 Å². The van der Waals surface area contributed by atoms with E-state index in [9.17, 15) is 9.59 Å². The first kappa shape index (κ1) is 28.0. The number of pyridine rings is 1. The van der Waals surface area contributed by atoms with Crippen LogP contribution in [0.15, 0.2) is 48.8 Å². The van der Waals surface area contributed by atoms with Gasteiger partial charge in [-0.25, -0.2) is 4.98 Å². The highest BCUT2D eigenvalue weighted by Gasteiger charge is 2.36. The average Bonchev–Trinajstić information content (AvgIpc) is 3.40. The van der Waals surface area contributed by atoms with Crippen LogP contribution < -0.4 is 9.47 Å². The SMILES string of the molecule is CCOC(=O)CC1CCN(C(=O)C[C@H]2O[C@H](c3cccc(OC)c3OC)c3cc(Cl)cnc3-n3cccc32)CC1.